The lowest BCUT2D eigenvalue weighted by molar-refractivity contribution is -0.137. The van der Waals surface area contributed by atoms with Gasteiger partial charge in [0.25, 0.3) is 0 Å². The molecule has 0 unspecified atom stereocenters. The van der Waals surface area contributed by atoms with Gasteiger partial charge in [0.2, 0.25) is 15.9 Å². The second kappa shape index (κ2) is 7.29. The third-order valence-corrected chi connectivity index (χ3v) is 6.26. The van der Waals surface area contributed by atoms with Crippen LogP contribution < -0.4 is 4.90 Å². The second-order valence-corrected chi connectivity index (χ2v) is 8.73. The number of benzene rings is 1. The molecule has 0 radical (unpaired) electrons. The quantitative estimate of drug-likeness (QED) is 0.802. The van der Waals surface area contributed by atoms with Crippen LogP contribution in [-0.4, -0.2) is 69.1 Å². The SMILES string of the molecule is CS(=O)(=O)N1CCC[C@@H](C(=O)N2CCN(c3ccc(F)cc3)CC2)C1. The molecule has 0 aliphatic carbocycles. The minimum absolute atomic E-state index is 0.0482. The van der Waals surface area contributed by atoms with Gasteiger partial charge in [-0.15, -0.1) is 0 Å². The highest BCUT2D eigenvalue weighted by Crippen LogP contribution is 2.23. The minimum Gasteiger partial charge on any atom is -0.368 e. The Bertz CT molecular complexity index is 715. The van der Waals surface area contributed by atoms with Gasteiger partial charge in [-0.3, -0.25) is 4.79 Å². The van der Waals surface area contributed by atoms with E-state index in [0.29, 0.717) is 32.7 Å². The third kappa shape index (κ3) is 4.30. The van der Waals surface area contributed by atoms with Crippen LogP contribution in [0, 0.1) is 11.7 Å². The van der Waals surface area contributed by atoms with Crippen LogP contribution >= 0.6 is 0 Å². The van der Waals surface area contributed by atoms with Crippen LogP contribution in [0.25, 0.3) is 0 Å². The molecule has 8 heteroatoms. The maximum Gasteiger partial charge on any atom is 0.227 e. The molecule has 1 atom stereocenters. The van der Waals surface area contributed by atoms with Gasteiger partial charge in [-0.25, -0.2) is 17.1 Å². The Morgan fingerprint density at radius 2 is 1.72 bits per heavy atom. The number of amides is 1. The molecule has 25 heavy (non-hydrogen) atoms. The van der Waals surface area contributed by atoms with E-state index in [1.54, 1.807) is 12.1 Å². The molecule has 0 bridgehead atoms. The number of hydrogen-bond acceptors (Lipinski definition) is 4. The Morgan fingerprint density at radius 1 is 1.08 bits per heavy atom. The van der Waals surface area contributed by atoms with Crippen molar-refractivity contribution in [1.29, 1.82) is 0 Å². The zero-order valence-corrected chi connectivity index (χ0v) is 15.2. The zero-order chi connectivity index (χ0) is 18.0. The van der Waals surface area contributed by atoms with Crippen molar-refractivity contribution < 1.29 is 17.6 Å². The molecule has 2 fully saturated rings. The summed E-state index contributed by atoms with van der Waals surface area (Å²) >= 11 is 0. The average Bonchev–Trinajstić information content (AvgIpc) is 2.61. The lowest BCUT2D eigenvalue weighted by Gasteiger charge is -2.39. The van der Waals surface area contributed by atoms with Gasteiger partial charge in [-0.1, -0.05) is 0 Å². The molecule has 0 N–H and O–H groups in total. The number of nitrogens with zero attached hydrogens (tertiary/aromatic N) is 3. The molecule has 138 valence electrons. The number of piperazine rings is 1. The minimum atomic E-state index is -3.25. The lowest BCUT2D eigenvalue weighted by Crippen LogP contribution is -2.53. The van der Waals surface area contributed by atoms with E-state index in [2.05, 4.69) is 4.90 Å². The first-order valence-corrected chi connectivity index (χ1v) is 10.4. The highest BCUT2D eigenvalue weighted by molar-refractivity contribution is 7.88. The van der Waals surface area contributed by atoms with Crippen molar-refractivity contribution in [2.45, 2.75) is 12.8 Å². The summed E-state index contributed by atoms with van der Waals surface area (Å²) in [5, 5.41) is 0. The topological polar surface area (TPSA) is 60.9 Å². The molecule has 0 spiro atoms. The van der Waals surface area contributed by atoms with Crippen molar-refractivity contribution >= 4 is 21.6 Å². The molecule has 1 aromatic carbocycles. The van der Waals surface area contributed by atoms with E-state index in [1.165, 1.54) is 22.7 Å². The summed E-state index contributed by atoms with van der Waals surface area (Å²) < 4.78 is 37.9. The molecule has 1 aromatic rings. The molecule has 2 aliphatic rings. The second-order valence-electron chi connectivity index (χ2n) is 6.75. The summed E-state index contributed by atoms with van der Waals surface area (Å²) in [6, 6.07) is 6.37. The summed E-state index contributed by atoms with van der Waals surface area (Å²) in [6.07, 6.45) is 2.66. The van der Waals surface area contributed by atoms with E-state index < -0.39 is 10.0 Å². The molecule has 3 rings (SSSR count). The highest BCUT2D eigenvalue weighted by atomic mass is 32.2. The first kappa shape index (κ1) is 18.1. The molecule has 2 saturated heterocycles. The Kier molecular flexibility index (Phi) is 5.29. The molecule has 2 aliphatic heterocycles. The predicted octanol–water partition coefficient (Wildman–Crippen LogP) is 1.15. The molecular formula is C17H24FN3O3S. The van der Waals surface area contributed by atoms with Gasteiger partial charge in [0.05, 0.1) is 12.2 Å². The summed E-state index contributed by atoms with van der Waals surface area (Å²) in [7, 11) is -3.25. The molecule has 0 aromatic heterocycles. The summed E-state index contributed by atoms with van der Waals surface area (Å²) in [5.41, 5.74) is 0.953. The summed E-state index contributed by atoms with van der Waals surface area (Å²) in [5.74, 6) is -0.460. The maximum atomic E-state index is 13.0. The van der Waals surface area contributed by atoms with E-state index in [1.807, 2.05) is 4.90 Å². The van der Waals surface area contributed by atoms with Crippen LogP contribution in [-0.2, 0) is 14.8 Å². The number of sulfonamides is 1. The smallest absolute Gasteiger partial charge is 0.227 e. The van der Waals surface area contributed by atoms with E-state index in [-0.39, 0.29) is 24.2 Å². The van der Waals surface area contributed by atoms with Crippen molar-refractivity contribution in [1.82, 2.24) is 9.21 Å². The van der Waals surface area contributed by atoms with Crippen LogP contribution in [0.4, 0.5) is 10.1 Å². The Balaban J connectivity index is 1.57. The number of rotatable bonds is 3. The van der Waals surface area contributed by atoms with Crippen LogP contribution in [0.5, 0.6) is 0 Å². The number of piperidine rings is 1. The third-order valence-electron chi connectivity index (χ3n) is 4.99. The number of carbonyl (C=O) groups is 1. The first-order valence-electron chi connectivity index (χ1n) is 8.59. The molecule has 1 amide bonds. The fraction of sp³-hybridized carbons (Fsp3) is 0.588. The Labute approximate surface area is 148 Å². The largest absolute Gasteiger partial charge is 0.368 e. The highest BCUT2D eigenvalue weighted by Gasteiger charge is 2.33. The van der Waals surface area contributed by atoms with Crippen molar-refractivity contribution in [3.63, 3.8) is 0 Å². The number of hydrogen-bond donors (Lipinski definition) is 0. The van der Waals surface area contributed by atoms with Crippen molar-refractivity contribution in [2.24, 2.45) is 5.92 Å². The summed E-state index contributed by atoms with van der Waals surface area (Å²) in [6.45, 7) is 3.38. The van der Waals surface area contributed by atoms with E-state index in [9.17, 15) is 17.6 Å². The van der Waals surface area contributed by atoms with Gasteiger partial charge in [0.1, 0.15) is 5.82 Å². The Morgan fingerprint density at radius 3 is 2.32 bits per heavy atom. The lowest BCUT2D eigenvalue weighted by atomic mass is 9.97. The van der Waals surface area contributed by atoms with Gasteiger partial charge in [0, 0.05) is 45.0 Å². The molecular weight excluding hydrogens is 345 g/mol. The van der Waals surface area contributed by atoms with E-state index >= 15 is 0 Å². The van der Waals surface area contributed by atoms with Crippen molar-refractivity contribution in [3.8, 4) is 0 Å². The van der Waals surface area contributed by atoms with Gasteiger partial charge in [-0.2, -0.15) is 0 Å². The Hall–Kier alpha value is -1.67. The number of carbonyl (C=O) groups excluding carboxylic acids is 1. The average molecular weight is 369 g/mol. The maximum absolute atomic E-state index is 13.0. The molecule has 6 nitrogen and oxygen atoms in total. The van der Waals surface area contributed by atoms with E-state index in [4.69, 9.17) is 0 Å². The number of halogens is 1. The fourth-order valence-electron chi connectivity index (χ4n) is 3.54. The van der Waals surface area contributed by atoms with Gasteiger partial charge >= 0.3 is 0 Å². The molecule has 0 saturated carbocycles. The monoisotopic (exact) mass is 369 g/mol. The fourth-order valence-corrected chi connectivity index (χ4v) is 4.45. The van der Waals surface area contributed by atoms with Gasteiger partial charge in [0.15, 0.2) is 0 Å². The standard InChI is InChI=1S/C17H24FN3O3S/c1-25(23,24)21-8-2-3-14(13-21)17(22)20-11-9-19(10-12-20)16-6-4-15(18)5-7-16/h4-7,14H,2-3,8-13H2,1H3/t14-/m1/s1. The predicted molar refractivity (Wildman–Crippen MR) is 94.3 cm³/mol. The van der Waals surface area contributed by atoms with Crippen LogP contribution in [0.1, 0.15) is 12.8 Å². The zero-order valence-electron chi connectivity index (χ0n) is 14.4. The van der Waals surface area contributed by atoms with Crippen LogP contribution in [0.15, 0.2) is 24.3 Å². The van der Waals surface area contributed by atoms with Crippen LogP contribution in [0.2, 0.25) is 0 Å². The van der Waals surface area contributed by atoms with Crippen molar-refractivity contribution in [3.05, 3.63) is 30.1 Å². The van der Waals surface area contributed by atoms with Gasteiger partial charge in [-0.05, 0) is 37.1 Å². The normalized spacial score (nSPS) is 22.9. The van der Waals surface area contributed by atoms with E-state index in [0.717, 1.165) is 18.5 Å². The summed E-state index contributed by atoms with van der Waals surface area (Å²) in [4.78, 5) is 16.7. The number of anilines is 1. The van der Waals surface area contributed by atoms with Crippen molar-refractivity contribution in [2.75, 3.05) is 50.4 Å². The molecule has 2 heterocycles. The van der Waals surface area contributed by atoms with Crippen LogP contribution in [0.3, 0.4) is 0 Å². The van der Waals surface area contributed by atoms with Gasteiger partial charge < -0.3 is 9.80 Å². The first-order chi connectivity index (χ1) is 11.8.